The Morgan fingerprint density at radius 3 is 2.64 bits per heavy atom. The summed E-state index contributed by atoms with van der Waals surface area (Å²) in [6, 6.07) is 11.5. The molecule has 0 radical (unpaired) electrons. The molecule has 1 aromatic carbocycles. The Labute approximate surface area is 161 Å². The highest BCUT2D eigenvalue weighted by atomic mass is 35.5. The van der Waals surface area contributed by atoms with Crippen LogP contribution >= 0.6 is 34.7 Å². The quantitative estimate of drug-likeness (QED) is 0.503. The van der Waals surface area contributed by atoms with E-state index >= 15 is 0 Å². The molecule has 1 heterocycles. The lowest BCUT2D eigenvalue weighted by atomic mass is 10.1. The molecule has 1 aromatic heterocycles. The van der Waals surface area contributed by atoms with Crippen molar-refractivity contribution in [3.63, 3.8) is 0 Å². The number of nitrogens with one attached hydrogen (secondary N) is 1. The Morgan fingerprint density at radius 1 is 1.28 bits per heavy atom. The second kappa shape index (κ2) is 9.85. The standard InChI is InChI=1S/C18H21ClN2O2S2/c1-12(2)10-23-18(22)21-20-17(13-4-6-14(19)7-5-13)16-9-8-15(25-16)11-24-3/h4-9,12H,10-11H2,1-3H3,(H,21,22). The average Bonchev–Trinajstić information content (AvgIpc) is 3.03. The molecule has 0 aliphatic heterocycles. The van der Waals surface area contributed by atoms with Gasteiger partial charge in [0.1, 0.15) is 5.71 Å². The first-order valence-electron chi connectivity index (χ1n) is 7.84. The highest BCUT2D eigenvalue weighted by Gasteiger charge is 2.12. The van der Waals surface area contributed by atoms with Crippen LogP contribution in [0.4, 0.5) is 4.79 Å². The van der Waals surface area contributed by atoms with Crippen LogP contribution in [0.15, 0.2) is 41.5 Å². The Balaban J connectivity index is 2.23. The van der Waals surface area contributed by atoms with Gasteiger partial charge in [-0.05, 0) is 36.4 Å². The summed E-state index contributed by atoms with van der Waals surface area (Å²) in [7, 11) is 0. The van der Waals surface area contributed by atoms with Gasteiger partial charge in [-0.3, -0.25) is 0 Å². The number of nitrogens with zero attached hydrogens (tertiary/aromatic N) is 1. The molecule has 0 unspecified atom stereocenters. The molecule has 1 amide bonds. The molecule has 0 aliphatic carbocycles. The van der Waals surface area contributed by atoms with Gasteiger partial charge in [-0.1, -0.05) is 37.6 Å². The normalized spacial score (nSPS) is 11.6. The van der Waals surface area contributed by atoms with Crippen LogP contribution in [0, 0.1) is 5.92 Å². The SMILES string of the molecule is CSCc1ccc(C(=NNC(=O)OCC(C)C)c2ccc(Cl)cc2)s1. The first kappa shape index (κ1) is 19.8. The summed E-state index contributed by atoms with van der Waals surface area (Å²) in [5, 5.41) is 4.95. The van der Waals surface area contributed by atoms with Gasteiger partial charge in [0.25, 0.3) is 0 Å². The van der Waals surface area contributed by atoms with Gasteiger partial charge in [0.05, 0.1) is 11.5 Å². The van der Waals surface area contributed by atoms with E-state index in [2.05, 4.69) is 22.8 Å². The van der Waals surface area contributed by atoms with E-state index in [1.165, 1.54) is 4.88 Å². The number of carbonyl (C=O) groups is 1. The third-order valence-electron chi connectivity index (χ3n) is 3.11. The predicted molar refractivity (Wildman–Crippen MR) is 108 cm³/mol. The summed E-state index contributed by atoms with van der Waals surface area (Å²) in [5.74, 6) is 1.22. The van der Waals surface area contributed by atoms with Gasteiger partial charge in [0.15, 0.2) is 0 Å². The monoisotopic (exact) mass is 396 g/mol. The van der Waals surface area contributed by atoms with E-state index in [-0.39, 0.29) is 5.92 Å². The number of thioether (sulfide) groups is 1. The maximum absolute atomic E-state index is 11.8. The maximum atomic E-state index is 11.8. The summed E-state index contributed by atoms with van der Waals surface area (Å²) in [4.78, 5) is 14.1. The summed E-state index contributed by atoms with van der Waals surface area (Å²) < 4.78 is 5.11. The van der Waals surface area contributed by atoms with Crippen LogP contribution < -0.4 is 5.43 Å². The highest BCUT2D eigenvalue weighted by molar-refractivity contribution is 7.97. The summed E-state index contributed by atoms with van der Waals surface area (Å²) >= 11 is 9.40. The summed E-state index contributed by atoms with van der Waals surface area (Å²) in [6.45, 7) is 4.32. The number of halogens is 1. The zero-order valence-electron chi connectivity index (χ0n) is 14.4. The van der Waals surface area contributed by atoms with Crippen LogP contribution in [-0.2, 0) is 10.5 Å². The van der Waals surface area contributed by atoms with E-state index in [1.54, 1.807) is 35.2 Å². The molecule has 0 bridgehead atoms. The minimum absolute atomic E-state index is 0.275. The molecule has 0 aliphatic rings. The zero-order valence-corrected chi connectivity index (χ0v) is 16.8. The molecule has 0 spiro atoms. The van der Waals surface area contributed by atoms with Gasteiger partial charge in [-0.25, -0.2) is 10.2 Å². The zero-order chi connectivity index (χ0) is 18.2. The third-order valence-corrected chi connectivity index (χ3v) is 5.23. The molecule has 134 valence electrons. The summed E-state index contributed by atoms with van der Waals surface area (Å²) in [6.07, 6.45) is 1.51. The van der Waals surface area contributed by atoms with Gasteiger partial charge >= 0.3 is 6.09 Å². The first-order valence-corrected chi connectivity index (χ1v) is 10.4. The van der Waals surface area contributed by atoms with E-state index in [4.69, 9.17) is 16.3 Å². The average molecular weight is 397 g/mol. The number of ether oxygens (including phenoxy) is 1. The van der Waals surface area contributed by atoms with Crippen molar-refractivity contribution in [1.29, 1.82) is 0 Å². The maximum Gasteiger partial charge on any atom is 0.427 e. The van der Waals surface area contributed by atoms with E-state index in [0.29, 0.717) is 17.3 Å². The van der Waals surface area contributed by atoms with Crippen molar-refractivity contribution in [2.24, 2.45) is 11.0 Å². The molecule has 1 N–H and O–H groups in total. The lowest BCUT2D eigenvalue weighted by Gasteiger charge is -2.08. The molecule has 2 rings (SSSR count). The van der Waals surface area contributed by atoms with Crippen molar-refractivity contribution >= 4 is 46.5 Å². The number of thiophene rings is 1. The molecule has 0 atom stereocenters. The Hall–Kier alpha value is -1.50. The number of carbonyl (C=O) groups excluding carboxylic acids is 1. The van der Waals surface area contributed by atoms with Crippen LogP contribution in [0.5, 0.6) is 0 Å². The molecular weight excluding hydrogens is 376 g/mol. The Kier molecular flexibility index (Phi) is 7.81. The fourth-order valence-electron chi connectivity index (χ4n) is 1.97. The van der Waals surface area contributed by atoms with Crippen LogP contribution in [0.25, 0.3) is 0 Å². The molecule has 7 heteroatoms. The fraction of sp³-hybridized carbons (Fsp3) is 0.333. The van der Waals surface area contributed by atoms with Crippen molar-refractivity contribution in [1.82, 2.24) is 5.43 Å². The van der Waals surface area contributed by atoms with E-state index < -0.39 is 6.09 Å². The van der Waals surface area contributed by atoms with Gasteiger partial charge in [0.2, 0.25) is 0 Å². The topological polar surface area (TPSA) is 50.7 Å². The lowest BCUT2D eigenvalue weighted by Crippen LogP contribution is -2.23. The first-order chi connectivity index (χ1) is 12.0. The number of hydrogen-bond donors (Lipinski definition) is 1. The Bertz CT molecular complexity index is 727. The number of benzene rings is 1. The molecule has 4 nitrogen and oxygen atoms in total. The van der Waals surface area contributed by atoms with E-state index in [1.807, 2.05) is 32.0 Å². The fourth-order valence-corrected chi connectivity index (χ4v) is 3.88. The van der Waals surface area contributed by atoms with Crippen molar-refractivity contribution in [2.75, 3.05) is 12.9 Å². The van der Waals surface area contributed by atoms with Crippen LogP contribution in [0.1, 0.15) is 29.2 Å². The van der Waals surface area contributed by atoms with E-state index in [0.717, 1.165) is 16.2 Å². The van der Waals surface area contributed by atoms with Crippen LogP contribution in [0.3, 0.4) is 0 Å². The lowest BCUT2D eigenvalue weighted by molar-refractivity contribution is 0.133. The predicted octanol–water partition coefficient (Wildman–Crippen LogP) is 5.40. The van der Waals surface area contributed by atoms with Crippen LogP contribution in [0.2, 0.25) is 5.02 Å². The molecule has 0 saturated heterocycles. The molecule has 0 fully saturated rings. The molecule has 0 saturated carbocycles. The number of amides is 1. The van der Waals surface area contributed by atoms with Gasteiger partial charge in [-0.2, -0.15) is 16.9 Å². The smallest absolute Gasteiger partial charge is 0.427 e. The van der Waals surface area contributed by atoms with E-state index in [9.17, 15) is 4.79 Å². The minimum Gasteiger partial charge on any atom is -0.448 e. The number of hydrazone groups is 1. The van der Waals surface area contributed by atoms with Crippen molar-refractivity contribution < 1.29 is 9.53 Å². The number of rotatable bonds is 7. The third kappa shape index (κ3) is 6.38. The minimum atomic E-state index is -0.555. The highest BCUT2D eigenvalue weighted by Crippen LogP contribution is 2.24. The second-order valence-electron chi connectivity index (χ2n) is 5.77. The van der Waals surface area contributed by atoms with Crippen molar-refractivity contribution in [2.45, 2.75) is 19.6 Å². The van der Waals surface area contributed by atoms with Crippen LogP contribution in [-0.4, -0.2) is 24.7 Å². The van der Waals surface area contributed by atoms with Gasteiger partial charge in [0, 0.05) is 21.2 Å². The van der Waals surface area contributed by atoms with Crippen molar-refractivity contribution in [3.8, 4) is 0 Å². The molecule has 25 heavy (non-hydrogen) atoms. The molecular formula is C18H21ClN2O2S2. The largest absolute Gasteiger partial charge is 0.448 e. The summed E-state index contributed by atoms with van der Waals surface area (Å²) in [5.41, 5.74) is 4.06. The number of hydrogen-bond acceptors (Lipinski definition) is 5. The Morgan fingerprint density at radius 2 is 2.00 bits per heavy atom. The van der Waals surface area contributed by atoms with Gasteiger partial charge < -0.3 is 4.74 Å². The van der Waals surface area contributed by atoms with Gasteiger partial charge in [-0.15, -0.1) is 11.3 Å². The molecule has 2 aromatic rings. The second-order valence-corrected chi connectivity index (χ2v) is 8.24. The van der Waals surface area contributed by atoms with Crippen molar-refractivity contribution in [3.05, 3.63) is 56.7 Å².